The molecule has 4 saturated heterocycles. The highest BCUT2D eigenvalue weighted by Gasteiger charge is 2.78. The van der Waals surface area contributed by atoms with Crippen molar-refractivity contribution in [3.8, 4) is 0 Å². The smallest absolute Gasteiger partial charge is 0.261 e. The number of rotatable bonds is 1. The Morgan fingerprint density at radius 2 is 1.69 bits per heavy atom. The van der Waals surface area contributed by atoms with Gasteiger partial charge in [0.2, 0.25) is 0 Å². The Balaban J connectivity index is 1.53. The first-order valence-corrected chi connectivity index (χ1v) is 12.4. The Hall–Kier alpha value is -0.810. The van der Waals surface area contributed by atoms with Crippen molar-refractivity contribution in [2.24, 2.45) is 11.8 Å². The van der Waals surface area contributed by atoms with E-state index in [4.69, 9.17) is 0 Å². The zero-order valence-electron chi connectivity index (χ0n) is 15.9. The fraction of sp³-hybridized carbons (Fsp3) is 0.842. The molecule has 1 spiro atoms. The fourth-order valence-electron chi connectivity index (χ4n) is 7.00. The number of ketones is 1. The van der Waals surface area contributed by atoms with Crippen molar-refractivity contribution in [2.45, 2.75) is 77.5 Å². The highest BCUT2D eigenvalue weighted by Crippen LogP contribution is 2.65. The molecular formula is C19H24N2O6S2. The van der Waals surface area contributed by atoms with Gasteiger partial charge in [0.05, 0.1) is 35.6 Å². The summed E-state index contributed by atoms with van der Waals surface area (Å²) in [4.78, 5) is 41.6. The summed E-state index contributed by atoms with van der Waals surface area (Å²) >= 11 is 2.49. The van der Waals surface area contributed by atoms with Crippen LogP contribution < -0.4 is 0 Å². The molecule has 6 rings (SSSR count). The van der Waals surface area contributed by atoms with Crippen LogP contribution in [0.3, 0.4) is 0 Å². The summed E-state index contributed by atoms with van der Waals surface area (Å²) < 4.78 is 0. The van der Waals surface area contributed by atoms with Crippen LogP contribution in [0.2, 0.25) is 0 Å². The Kier molecular flexibility index (Phi) is 3.72. The number of piperazine rings is 1. The van der Waals surface area contributed by atoms with Gasteiger partial charge in [-0.3, -0.25) is 14.4 Å². The third-order valence-corrected chi connectivity index (χ3v) is 11.0. The van der Waals surface area contributed by atoms with Crippen LogP contribution in [-0.2, 0) is 14.4 Å². The molecule has 4 heterocycles. The molecule has 6 fully saturated rings. The molecule has 6 aliphatic rings. The number of thioether (sulfide) groups is 2. The van der Waals surface area contributed by atoms with Crippen molar-refractivity contribution < 1.29 is 29.7 Å². The summed E-state index contributed by atoms with van der Waals surface area (Å²) in [6, 6.07) is -1.26. The van der Waals surface area contributed by atoms with Crippen LogP contribution in [0.15, 0.2) is 0 Å². The molecular weight excluding hydrogens is 416 g/mol. The van der Waals surface area contributed by atoms with E-state index in [0.717, 1.165) is 0 Å². The number of amides is 2. The van der Waals surface area contributed by atoms with Crippen molar-refractivity contribution >= 4 is 41.1 Å². The molecule has 3 bridgehead atoms. The van der Waals surface area contributed by atoms with Gasteiger partial charge in [0.1, 0.15) is 0 Å². The first-order chi connectivity index (χ1) is 13.8. The van der Waals surface area contributed by atoms with Crippen LogP contribution in [0.5, 0.6) is 0 Å². The second kappa shape index (κ2) is 5.70. The van der Waals surface area contributed by atoms with E-state index in [1.54, 1.807) is 16.1 Å². The number of hydrogen-bond donors (Lipinski definition) is 3. The van der Waals surface area contributed by atoms with E-state index >= 15 is 0 Å². The van der Waals surface area contributed by atoms with Crippen LogP contribution in [0.25, 0.3) is 0 Å². The highest BCUT2D eigenvalue weighted by molar-refractivity contribution is 8.03. The lowest BCUT2D eigenvalue weighted by Crippen LogP contribution is -2.74. The summed E-state index contributed by atoms with van der Waals surface area (Å²) in [6.07, 6.45) is 1.13. The number of fused-ring (bicyclic) bond motifs is 5. The number of aliphatic hydroxyl groups is 3. The highest BCUT2D eigenvalue weighted by atomic mass is 32.2. The normalized spacial score (nSPS) is 55.2. The monoisotopic (exact) mass is 440 g/mol. The summed E-state index contributed by atoms with van der Waals surface area (Å²) in [5.41, 5.74) is 0. The second-order valence-electron chi connectivity index (χ2n) is 9.31. The molecule has 158 valence electrons. The molecule has 0 aromatic rings. The Labute approximate surface area is 176 Å². The van der Waals surface area contributed by atoms with Gasteiger partial charge >= 0.3 is 0 Å². The lowest BCUT2D eigenvalue weighted by molar-refractivity contribution is -0.170. The lowest BCUT2D eigenvalue weighted by atomic mass is 9.79. The van der Waals surface area contributed by atoms with Gasteiger partial charge in [-0.25, -0.2) is 0 Å². The molecule has 0 aromatic carbocycles. The largest absolute Gasteiger partial charge is 0.393 e. The Morgan fingerprint density at radius 3 is 2.41 bits per heavy atom. The summed E-state index contributed by atoms with van der Waals surface area (Å²) in [5.74, 6) is -1.32. The Morgan fingerprint density at radius 1 is 0.966 bits per heavy atom. The van der Waals surface area contributed by atoms with E-state index in [1.165, 1.54) is 23.5 Å². The maximum atomic E-state index is 14.1. The quantitative estimate of drug-likeness (QED) is 0.483. The Bertz CT molecular complexity index is 842. The molecule has 10 atom stereocenters. The average Bonchev–Trinajstić information content (AvgIpc) is 3.17. The third kappa shape index (κ3) is 1.94. The minimum absolute atomic E-state index is 0.0373. The molecule has 29 heavy (non-hydrogen) atoms. The van der Waals surface area contributed by atoms with Crippen molar-refractivity contribution in [3.05, 3.63) is 0 Å². The van der Waals surface area contributed by atoms with Gasteiger partial charge in [0.15, 0.2) is 15.5 Å². The van der Waals surface area contributed by atoms with Crippen molar-refractivity contribution in [2.75, 3.05) is 6.26 Å². The summed E-state index contributed by atoms with van der Waals surface area (Å²) in [7, 11) is 0. The number of carbonyl (C=O) groups is 3. The van der Waals surface area contributed by atoms with E-state index in [-0.39, 0.29) is 42.8 Å². The molecule has 10 heteroatoms. The van der Waals surface area contributed by atoms with Gasteiger partial charge in [-0.1, -0.05) is 0 Å². The van der Waals surface area contributed by atoms with Crippen LogP contribution in [0, 0.1) is 11.8 Å². The second-order valence-corrected chi connectivity index (χ2v) is 11.9. The minimum Gasteiger partial charge on any atom is -0.393 e. The topological polar surface area (TPSA) is 118 Å². The van der Waals surface area contributed by atoms with Crippen LogP contribution >= 0.6 is 23.5 Å². The van der Waals surface area contributed by atoms with Crippen molar-refractivity contribution in [1.29, 1.82) is 0 Å². The zero-order chi connectivity index (χ0) is 20.5. The minimum atomic E-state index is -1.21. The van der Waals surface area contributed by atoms with Gasteiger partial charge in [-0.05, 0) is 31.9 Å². The predicted octanol–water partition coefficient (Wildman–Crippen LogP) is -0.845. The molecule has 8 nitrogen and oxygen atoms in total. The average molecular weight is 441 g/mol. The lowest BCUT2D eigenvalue weighted by Gasteiger charge is -2.54. The van der Waals surface area contributed by atoms with E-state index in [0.29, 0.717) is 12.8 Å². The summed E-state index contributed by atoms with van der Waals surface area (Å²) in [6.45, 7) is 0. The first-order valence-electron chi connectivity index (χ1n) is 10.3. The first kappa shape index (κ1) is 18.9. The molecule has 2 saturated carbocycles. The molecule has 4 aliphatic heterocycles. The van der Waals surface area contributed by atoms with Gasteiger partial charge in [-0.15, -0.1) is 23.5 Å². The molecule has 3 N–H and O–H groups in total. The predicted molar refractivity (Wildman–Crippen MR) is 105 cm³/mol. The number of Topliss-reactive ketones (excluding diaryl/α,β-unsaturated/α-hetero) is 1. The number of carbonyl (C=O) groups excluding carboxylic acids is 3. The van der Waals surface area contributed by atoms with E-state index in [9.17, 15) is 29.7 Å². The number of aliphatic hydroxyl groups excluding tert-OH is 3. The number of hydrogen-bond acceptors (Lipinski definition) is 8. The van der Waals surface area contributed by atoms with E-state index < -0.39 is 51.3 Å². The van der Waals surface area contributed by atoms with Crippen molar-refractivity contribution in [3.63, 3.8) is 0 Å². The van der Waals surface area contributed by atoms with Crippen LogP contribution in [-0.4, -0.2) is 94.4 Å². The van der Waals surface area contributed by atoms with Gasteiger partial charge in [-0.2, -0.15) is 0 Å². The van der Waals surface area contributed by atoms with Gasteiger partial charge < -0.3 is 25.1 Å². The summed E-state index contributed by atoms with van der Waals surface area (Å²) in [5, 5.41) is 31.7. The van der Waals surface area contributed by atoms with Crippen molar-refractivity contribution in [1.82, 2.24) is 9.80 Å². The van der Waals surface area contributed by atoms with E-state index in [2.05, 4.69) is 0 Å². The molecule has 0 radical (unpaired) electrons. The molecule has 2 amide bonds. The third-order valence-electron chi connectivity index (χ3n) is 8.19. The standard InChI is InChI=1S/C19H24N2O6S2/c1-28-18-5-7-9(22)2-3-10(23)13(7)20(18)17(27)19-6-8-14(21(19)16(18)26)11(24)4-12(29-19)15(8)25/h7-14,22-24H,2-6H2,1H3. The maximum Gasteiger partial charge on any atom is 0.261 e. The number of nitrogens with zero attached hydrogens (tertiary/aromatic N) is 2. The van der Waals surface area contributed by atoms with Crippen LogP contribution in [0.1, 0.15) is 32.1 Å². The maximum absolute atomic E-state index is 14.1. The SMILES string of the molecule is CSC12CC3C(O)CCC(O)C3N1C(=O)C13CC4C(=O)C(CC(O)C4N1C2=O)S3. The molecule has 0 aromatic heterocycles. The molecule has 2 aliphatic carbocycles. The zero-order valence-corrected chi connectivity index (χ0v) is 17.6. The van der Waals surface area contributed by atoms with E-state index in [1.807, 2.05) is 0 Å². The molecule has 10 unspecified atom stereocenters. The van der Waals surface area contributed by atoms with Crippen LogP contribution in [0.4, 0.5) is 0 Å². The van der Waals surface area contributed by atoms with Gasteiger partial charge in [0.25, 0.3) is 11.8 Å². The fourth-order valence-corrected chi connectivity index (χ4v) is 9.88. The van der Waals surface area contributed by atoms with Gasteiger partial charge in [0, 0.05) is 18.3 Å².